The molecule has 1 N–H and O–H groups in total. The van der Waals surface area contributed by atoms with Crippen molar-refractivity contribution >= 4 is 17.3 Å². The van der Waals surface area contributed by atoms with E-state index in [1.165, 1.54) is 0 Å². The molecule has 0 amide bonds. The Morgan fingerprint density at radius 1 is 1.59 bits per heavy atom. The van der Waals surface area contributed by atoms with Gasteiger partial charge in [0.1, 0.15) is 6.54 Å². The summed E-state index contributed by atoms with van der Waals surface area (Å²) >= 11 is 1.61. The maximum absolute atomic E-state index is 10.8. The summed E-state index contributed by atoms with van der Waals surface area (Å²) in [7, 11) is 0. The summed E-state index contributed by atoms with van der Waals surface area (Å²) in [6, 6.07) is 3.96. The Bertz CT molecular complexity index is 515. The molecule has 2 aromatic rings. The van der Waals surface area contributed by atoms with E-state index in [0.717, 1.165) is 17.0 Å². The number of carboxylic acids is 1. The van der Waals surface area contributed by atoms with Gasteiger partial charge in [-0.1, -0.05) is 13.8 Å². The van der Waals surface area contributed by atoms with Crippen LogP contribution in [-0.4, -0.2) is 20.9 Å². The molecule has 0 saturated carbocycles. The zero-order valence-electron chi connectivity index (χ0n) is 9.75. The van der Waals surface area contributed by atoms with Gasteiger partial charge in [0, 0.05) is 16.6 Å². The lowest BCUT2D eigenvalue weighted by Gasteiger charge is -2.06. The predicted molar refractivity (Wildman–Crippen MR) is 67.3 cm³/mol. The number of hydrogen-bond acceptors (Lipinski definition) is 3. The zero-order valence-corrected chi connectivity index (χ0v) is 10.6. The molecule has 0 aliphatic rings. The van der Waals surface area contributed by atoms with E-state index >= 15 is 0 Å². The van der Waals surface area contributed by atoms with Gasteiger partial charge in [-0.05, 0) is 23.4 Å². The third-order valence-electron chi connectivity index (χ3n) is 2.50. The minimum atomic E-state index is -0.869. The van der Waals surface area contributed by atoms with E-state index in [9.17, 15) is 4.79 Å². The molecule has 90 valence electrons. The van der Waals surface area contributed by atoms with Crippen molar-refractivity contribution in [2.24, 2.45) is 0 Å². The van der Waals surface area contributed by atoms with Crippen LogP contribution in [0.5, 0.6) is 0 Å². The number of rotatable bonds is 4. The monoisotopic (exact) mass is 250 g/mol. The van der Waals surface area contributed by atoms with E-state index in [0.29, 0.717) is 0 Å². The van der Waals surface area contributed by atoms with E-state index in [4.69, 9.17) is 5.11 Å². The standard InChI is InChI=1S/C12H14N2O2S/c1-8(2)11-5-10(9-3-4-17-7-9)13-14(11)6-12(15)16/h3-5,7-8H,6H2,1-2H3,(H,15,16). The lowest BCUT2D eigenvalue weighted by atomic mass is 10.1. The Morgan fingerprint density at radius 2 is 2.35 bits per heavy atom. The van der Waals surface area contributed by atoms with E-state index in [1.807, 2.05) is 36.7 Å². The van der Waals surface area contributed by atoms with Crippen LogP contribution in [-0.2, 0) is 11.3 Å². The molecule has 0 unspecified atom stereocenters. The SMILES string of the molecule is CC(C)c1cc(-c2ccsc2)nn1CC(=O)O. The van der Waals surface area contributed by atoms with Crippen molar-refractivity contribution in [1.82, 2.24) is 9.78 Å². The van der Waals surface area contributed by atoms with Crippen molar-refractivity contribution in [1.29, 1.82) is 0 Å². The van der Waals surface area contributed by atoms with Crippen molar-refractivity contribution in [2.75, 3.05) is 0 Å². The summed E-state index contributed by atoms with van der Waals surface area (Å²) in [5.41, 5.74) is 2.84. The van der Waals surface area contributed by atoms with Gasteiger partial charge in [-0.15, -0.1) is 0 Å². The zero-order chi connectivity index (χ0) is 12.4. The van der Waals surface area contributed by atoms with Gasteiger partial charge in [-0.3, -0.25) is 9.48 Å². The maximum atomic E-state index is 10.8. The molecule has 0 spiro atoms. The third-order valence-corrected chi connectivity index (χ3v) is 3.19. The molecule has 0 atom stereocenters. The quantitative estimate of drug-likeness (QED) is 0.907. The first-order valence-electron chi connectivity index (χ1n) is 5.40. The van der Waals surface area contributed by atoms with E-state index < -0.39 is 5.97 Å². The number of carbonyl (C=O) groups is 1. The Morgan fingerprint density at radius 3 is 2.88 bits per heavy atom. The summed E-state index contributed by atoms with van der Waals surface area (Å²) in [6.07, 6.45) is 0. The second-order valence-corrected chi connectivity index (χ2v) is 4.95. The van der Waals surface area contributed by atoms with Gasteiger partial charge in [0.25, 0.3) is 0 Å². The van der Waals surface area contributed by atoms with Crippen molar-refractivity contribution in [3.63, 3.8) is 0 Å². The molecule has 0 bridgehead atoms. The van der Waals surface area contributed by atoms with E-state index in [1.54, 1.807) is 16.0 Å². The molecule has 0 aliphatic heterocycles. The van der Waals surface area contributed by atoms with Gasteiger partial charge >= 0.3 is 5.97 Å². The average molecular weight is 250 g/mol. The smallest absolute Gasteiger partial charge is 0.325 e. The molecule has 0 aliphatic carbocycles. The van der Waals surface area contributed by atoms with Crippen LogP contribution < -0.4 is 0 Å². The van der Waals surface area contributed by atoms with Crippen molar-refractivity contribution < 1.29 is 9.90 Å². The Kier molecular flexibility index (Phi) is 3.28. The van der Waals surface area contributed by atoms with Gasteiger partial charge in [0.05, 0.1) is 5.69 Å². The number of hydrogen-bond donors (Lipinski definition) is 1. The largest absolute Gasteiger partial charge is 0.480 e. The topological polar surface area (TPSA) is 55.1 Å². The fraction of sp³-hybridized carbons (Fsp3) is 0.333. The molecule has 17 heavy (non-hydrogen) atoms. The molecular formula is C12H14N2O2S. The molecule has 0 radical (unpaired) electrons. The number of carboxylic acid groups (broad SMARTS) is 1. The number of thiophene rings is 1. The van der Waals surface area contributed by atoms with Crippen molar-refractivity contribution in [3.05, 3.63) is 28.6 Å². The Balaban J connectivity index is 2.40. The van der Waals surface area contributed by atoms with Crippen LogP contribution >= 0.6 is 11.3 Å². The molecule has 0 aromatic carbocycles. The first-order valence-corrected chi connectivity index (χ1v) is 6.34. The molecule has 0 saturated heterocycles. The first-order chi connectivity index (χ1) is 8.08. The number of aromatic nitrogens is 2. The van der Waals surface area contributed by atoms with Crippen molar-refractivity contribution in [2.45, 2.75) is 26.3 Å². The highest BCUT2D eigenvalue weighted by Crippen LogP contribution is 2.25. The summed E-state index contributed by atoms with van der Waals surface area (Å²) in [5.74, 6) is -0.610. The Hall–Kier alpha value is -1.62. The highest BCUT2D eigenvalue weighted by molar-refractivity contribution is 7.08. The minimum absolute atomic E-state index is 0.0857. The summed E-state index contributed by atoms with van der Waals surface area (Å²) in [6.45, 7) is 3.98. The molecule has 4 nitrogen and oxygen atoms in total. The predicted octanol–water partition coefficient (Wildman–Crippen LogP) is 2.82. The maximum Gasteiger partial charge on any atom is 0.325 e. The summed E-state index contributed by atoms with van der Waals surface area (Å²) in [5, 5.41) is 17.2. The molecule has 2 aromatic heterocycles. The fourth-order valence-electron chi connectivity index (χ4n) is 1.70. The van der Waals surface area contributed by atoms with Crippen LogP contribution in [0.2, 0.25) is 0 Å². The number of aliphatic carboxylic acids is 1. The van der Waals surface area contributed by atoms with Gasteiger partial charge < -0.3 is 5.11 Å². The fourth-order valence-corrected chi connectivity index (χ4v) is 2.35. The second-order valence-electron chi connectivity index (χ2n) is 4.17. The highest BCUT2D eigenvalue weighted by Gasteiger charge is 2.14. The molecule has 2 rings (SSSR count). The van der Waals surface area contributed by atoms with Crippen LogP contribution in [0.25, 0.3) is 11.3 Å². The van der Waals surface area contributed by atoms with Gasteiger partial charge in [-0.2, -0.15) is 16.4 Å². The van der Waals surface area contributed by atoms with Gasteiger partial charge in [0.2, 0.25) is 0 Å². The lowest BCUT2D eigenvalue weighted by Crippen LogP contribution is -2.13. The average Bonchev–Trinajstić information content (AvgIpc) is 2.82. The normalized spacial score (nSPS) is 11.0. The molecule has 2 heterocycles. The number of nitrogens with zero attached hydrogens (tertiary/aromatic N) is 2. The molecule has 5 heteroatoms. The van der Waals surface area contributed by atoms with Crippen LogP contribution in [0.1, 0.15) is 25.5 Å². The lowest BCUT2D eigenvalue weighted by molar-refractivity contribution is -0.137. The molecular weight excluding hydrogens is 236 g/mol. The van der Waals surface area contributed by atoms with Crippen LogP contribution in [0.15, 0.2) is 22.9 Å². The Labute approximate surface area is 104 Å². The summed E-state index contributed by atoms with van der Waals surface area (Å²) in [4.78, 5) is 10.8. The van der Waals surface area contributed by atoms with Crippen LogP contribution in [0.3, 0.4) is 0 Å². The molecule has 0 fully saturated rings. The minimum Gasteiger partial charge on any atom is -0.480 e. The first kappa shape index (κ1) is 11.9. The highest BCUT2D eigenvalue weighted by atomic mass is 32.1. The van der Waals surface area contributed by atoms with E-state index in [2.05, 4.69) is 5.10 Å². The summed E-state index contributed by atoms with van der Waals surface area (Å²) < 4.78 is 1.57. The second kappa shape index (κ2) is 4.71. The van der Waals surface area contributed by atoms with Crippen LogP contribution in [0, 0.1) is 0 Å². The van der Waals surface area contributed by atoms with Gasteiger partial charge in [0.15, 0.2) is 0 Å². The van der Waals surface area contributed by atoms with Gasteiger partial charge in [-0.25, -0.2) is 0 Å². The van der Waals surface area contributed by atoms with E-state index in [-0.39, 0.29) is 12.5 Å². The van der Waals surface area contributed by atoms with Crippen molar-refractivity contribution in [3.8, 4) is 11.3 Å². The third kappa shape index (κ3) is 2.55. The van der Waals surface area contributed by atoms with Crippen LogP contribution in [0.4, 0.5) is 0 Å².